The van der Waals surface area contributed by atoms with Gasteiger partial charge in [0.15, 0.2) is 5.76 Å². The molecule has 0 bridgehead atoms. The van der Waals surface area contributed by atoms with Crippen LogP contribution in [-0.4, -0.2) is 34.3 Å². The second-order valence-corrected chi connectivity index (χ2v) is 6.37. The Balaban J connectivity index is 1.83. The standard InChI is InChI=1S/C19H25N3O3/c1-3-16-18(13(2)25-21-16)20-19(24)22(11-6-12-23)17-10-9-14-7-4-5-8-15(14)17/h4-5,7-8,17,23H,3,6,9-12H2,1-2H3,(H,20,24). The lowest BCUT2D eigenvalue weighted by Gasteiger charge is -2.30. The fourth-order valence-corrected chi connectivity index (χ4v) is 3.50. The van der Waals surface area contributed by atoms with Crippen molar-refractivity contribution in [3.63, 3.8) is 0 Å². The van der Waals surface area contributed by atoms with Crippen LogP contribution in [-0.2, 0) is 12.8 Å². The van der Waals surface area contributed by atoms with E-state index < -0.39 is 0 Å². The summed E-state index contributed by atoms with van der Waals surface area (Å²) in [6, 6.07) is 8.13. The van der Waals surface area contributed by atoms with Gasteiger partial charge in [-0.2, -0.15) is 0 Å². The van der Waals surface area contributed by atoms with E-state index in [4.69, 9.17) is 4.52 Å². The van der Waals surface area contributed by atoms with Crippen LogP contribution >= 0.6 is 0 Å². The van der Waals surface area contributed by atoms with Gasteiger partial charge in [-0.15, -0.1) is 0 Å². The van der Waals surface area contributed by atoms with Crippen molar-refractivity contribution in [2.24, 2.45) is 0 Å². The highest BCUT2D eigenvalue weighted by atomic mass is 16.5. The van der Waals surface area contributed by atoms with E-state index in [-0.39, 0.29) is 18.7 Å². The molecule has 1 aliphatic rings. The number of fused-ring (bicyclic) bond motifs is 1. The summed E-state index contributed by atoms with van der Waals surface area (Å²) in [5, 5.41) is 16.2. The summed E-state index contributed by atoms with van der Waals surface area (Å²) in [5.74, 6) is 0.610. The maximum absolute atomic E-state index is 13.0. The average Bonchev–Trinajstić information content (AvgIpc) is 3.20. The monoisotopic (exact) mass is 343 g/mol. The first kappa shape index (κ1) is 17.5. The van der Waals surface area contributed by atoms with Crippen LogP contribution in [0.4, 0.5) is 10.5 Å². The van der Waals surface area contributed by atoms with Crippen LogP contribution in [0.5, 0.6) is 0 Å². The van der Waals surface area contributed by atoms with Gasteiger partial charge in [0.25, 0.3) is 0 Å². The number of urea groups is 1. The van der Waals surface area contributed by atoms with Gasteiger partial charge < -0.3 is 19.8 Å². The molecule has 1 aromatic heterocycles. The fraction of sp³-hybridized carbons (Fsp3) is 0.474. The smallest absolute Gasteiger partial charge is 0.322 e. The first-order chi connectivity index (χ1) is 12.2. The minimum atomic E-state index is -0.170. The molecule has 1 aliphatic carbocycles. The molecule has 6 nitrogen and oxygen atoms in total. The molecule has 2 N–H and O–H groups in total. The molecule has 6 heteroatoms. The van der Waals surface area contributed by atoms with E-state index in [0.29, 0.717) is 30.8 Å². The van der Waals surface area contributed by atoms with Gasteiger partial charge in [-0.1, -0.05) is 36.3 Å². The number of aromatic nitrogens is 1. The molecule has 0 spiro atoms. The number of hydrogen-bond acceptors (Lipinski definition) is 4. The van der Waals surface area contributed by atoms with Crippen molar-refractivity contribution in [2.45, 2.75) is 45.6 Å². The minimum absolute atomic E-state index is 0.0352. The number of nitrogens with one attached hydrogen (secondary N) is 1. The number of amides is 2. The van der Waals surface area contributed by atoms with E-state index in [1.165, 1.54) is 11.1 Å². The van der Waals surface area contributed by atoms with E-state index in [0.717, 1.165) is 18.5 Å². The molecule has 2 amide bonds. The van der Waals surface area contributed by atoms with Crippen molar-refractivity contribution in [1.29, 1.82) is 0 Å². The van der Waals surface area contributed by atoms with E-state index in [1.54, 1.807) is 6.92 Å². The van der Waals surface area contributed by atoms with Crippen LogP contribution < -0.4 is 5.32 Å². The Labute approximate surface area is 147 Å². The normalized spacial score (nSPS) is 15.9. The van der Waals surface area contributed by atoms with Crippen LogP contribution in [0.25, 0.3) is 0 Å². The number of rotatable bonds is 6. The molecular weight excluding hydrogens is 318 g/mol. The average molecular weight is 343 g/mol. The Hall–Kier alpha value is -2.34. The van der Waals surface area contributed by atoms with Crippen LogP contribution in [0, 0.1) is 6.92 Å². The number of anilines is 1. The summed E-state index contributed by atoms with van der Waals surface area (Å²) in [6.45, 7) is 4.34. The van der Waals surface area contributed by atoms with Crippen molar-refractivity contribution in [3.05, 3.63) is 46.8 Å². The predicted octanol–water partition coefficient (Wildman–Crippen LogP) is 3.45. The highest BCUT2D eigenvalue weighted by Crippen LogP contribution is 2.36. The van der Waals surface area contributed by atoms with Gasteiger partial charge in [-0.3, -0.25) is 0 Å². The fourth-order valence-electron chi connectivity index (χ4n) is 3.50. The lowest BCUT2D eigenvalue weighted by Crippen LogP contribution is -2.38. The summed E-state index contributed by atoms with van der Waals surface area (Å²) in [7, 11) is 0. The number of nitrogens with zero attached hydrogens (tertiary/aromatic N) is 2. The second kappa shape index (κ2) is 7.70. The summed E-state index contributed by atoms with van der Waals surface area (Å²) in [5.41, 5.74) is 3.91. The first-order valence-corrected chi connectivity index (χ1v) is 8.87. The molecular formula is C19H25N3O3. The van der Waals surface area contributed by atoms with Gasteiger partial charge in [-0.25, -0.2) is 4.79 Å². The summed E-state index contributed by atoms with van der Waals surface area (Å²) >= 11 is 0. The summed E-state index contributed by atoms with van der Waals surface area (Å²) in [6.07, 6.45) is 3.11. The highest BCUT2D eigenvalue weighted by Gasteiger charge is 2.31. The molecule has 134 valence electrons. The van der Waals surface area contributed by atoms with Crippen LogP contribution in [0.1, 0.15) is 48.4 Å². The van der Waals surface area contributed by atoms with Crippen molar-refractivity contribution in [2.75, 3.05) is 18.5 Å². The van der Waals surface area contributed by atoms with Gasteiger partial charge in [0, 0.05) is 13.2 Å². The highest BCUT2D eigenvalue weighted by molar-refractivity contribution is 5.90. The third-order valence-electron chi connectivity index (χ3n) is 4.80. The van der Waals surface area contributed by atoms with Gasteiger partial charge in [0.1, 0.15) is 11.4 Å². The third-order valence-corrected chi connectivity index (χ3v) is 4.80. The molecule has 25 heavy (non-hydrogen) atoms. The van der Waals surface area contributed by atoms with Gasteiger partial charge in [0.2, 0.25) is 0 Å². The number of aliphatic hydroxyl groups is 1. The van der Waals surface area contributed by atoms with Crippen LogP contribution in [0.3, 0.4) is 0 Å². The Morgan fingerprint density at radius 2 is 2.24 bits per heavy atom. The number of carbonyl (C=O) groups is 1. The Kier molecular flexibility index (Phi) is 5.38. The molecule has 0 saturated heterocycles. The summed E-state index contributed by atoms with van der Waals surface area (Å²) in [4.78, 5) is 14.8. The minimum Gasteiger partial charge on any atom is -0.396 e. The molecule has 0 radical (unpaired) electrons. The van der Waals surface area contributed by atoms with E-state index in [1.807, 2.05) is 24.0 Å². The van der Waals surface area contributed by atoms with Gasteiger partial charge in [-0.05, 0) is 43.7 Å². The molecule has 1 aromatic carbocycles. The molecule has 2 aromatic rings. The number of hydrogen-bond donors (Lipinski definition) is 2. The van der Waals surface area contributed by atoms with Crippen molar-refractivity contribution in [1.82, 2.24) is 10.1 Å². The predicted molar refractivity (Wildman–Crippen MR) is 95.5 cm³/mol. The number of aliphatic hydroxyl groups excluding tert-OH is 1. The number of carbonyl (C=O) groups excluding carboxylic acids is 1. The molecule has 0 saturated carbocycles. The molecule has 3 rings (SSSR count). The second-order valence-electron chi connectivity index (χ2n) is 6.37. The van der Waals surface area contributed by atoms with Gasteiger partial charge >= 0.3 is 6.03 Å². The number of aryl methyl sites for hydroxylation is 3. The molecule has 1 atom stereocenters. The SMILES string of the molecule is CCc1noc(C)c1NC(=O)N(CCCO)C1CCc2ccccc21. The largest absolute Gasteiger partial charge is 0.396 e. The van der Waals surface area contributed by atoms with Crippen molar-refractivity contribution < 1.29 is 14.4 Å². The Bertz CT molecular complexity index is 741. The topological polar surface area (TPSA) is 78.6 Å². The quantitative estimate of drug-likeness (QED) is 0.842. The summed E-state index contributed by atoms with van der Waals surface area (Å²) < 4.78 is 5.21. The maximum Gasteiger partial charge on any atom is 0.322 e. The zero-order valence-electron chi connectivity index (χ0n) is 14.8. The van der Waals surface area contributed by atoms with Crippen LogP contribution in [0.2, 0.25) is 0 Å². The third kappa shape index (κ3) is 3.54. The Morgan fingerprint density at radius 3 is 3.00 bits per heavy atom. The Morgan fingerprint density at radius 1 is 1.44 bits per heavy atom. The van der Waals surface area contributed by atoms with Gasteiger partial charge in [0.05, 0.1) is 6.04 Å². The van der Waals surface area contributed by atoms with Crippen LogP contribution in [0.15, 0.2) is 28.8 Å². The van der Waals surface area contributed by atoms with E-state index in [9.17, 15) is 9.90 Å². The first-order valence-electron chi connectivity index (χ1n) is 8.87. The number of benzene rings is 1. The molecule has 0 aliphatic heterocycles. The zero-order chi connectivity index (χ0) is 17.8. The lowest BCUT2D eigenvalue weighted by atomic mass is 10.1. The molecule has 1 heterocycles. The molecule has 1 unspecified atom stereocenters. The van der Waals surface area contributed by atoms with E-state index in [2.05, 4.69) is 22.6 Å². The van der Waals surface area contributed by atoms with E-state index >= 15 is 0 Å². The lowest BCUT2D eigenvalue weighted by molar-refractivity contribution is 0.177. The molecule has 0 fully saturated rings. The van der Waals surface area contributed by atoms with Crippen molar-refractivity contribution >= 4 is 11.7 Å². The zero-order valence-corrected chi connectivity index (χ0v) is 14.8. The maximum atomic E-state index is 13.0. The van der Waals surface area contributed by atoms with Crippen molar-refractivity contribution in [3.8, 4) is 0 Å².